The highest BCUT2D eigenvalue weighted by Gasteiger charge is 2.54. The van der Waals surface area contributed by atoms with Crippen molar-refractivity contribution in [2.75, 3.05) is 23.4 Å². The van der Waals surface area contributed by atoms with Gasteiger partial charge in [0, 0.05) is 24.2 Å². The van der Waals surface area contributed by atoms with E-state index in [0.29, 0.717) is 36.0 Å². The molecule has 0 bridgehead atoms. The number of aromatic nitrogens is 6. The second-order valence-electron chi connectivity index (χ2n) is 8.75. The first-order valence-corrected chi connectivity index (χ1v) is 14.6. The summed E-state index contributed by atoms with van der Waals surface area (Å²) in [5.74, 6) is -1.96. The summed E-state index contributed by atoms with van der Waals surface area (Å²) < 4.78 is 1.51. The third-order valence-electron chi connectivity index (χ3n) is 6.03. The number of benzene rings is 1. The number of carbonyl (C=O) groups excluding carboxylic acids is 3. The summed E-state index contributed by atoms with van der Waals surface area (Å²) in [5, 5.41) is 30.1. The Morgan fingerprint density at radius 3 is 2.84 bits per heavy atom. The number of hydrogen-bond acceptors (Lipinski definition) is 14. The number of tetrazole rings is 1. The standard InChI is InChI=1S/C24H23N11O6S2/c25-7-9-34-24(30-32-33-34)43-11-13-10-42-22-17(21(38)35(22)18(13)23(39)40)29-20(37)16(31-41-14-4-2-1-3-5-14)19-26-8-6-15(28-19)27-12-36/h1-6,8,12,17,22H,7,9-11,25H2,(H,29,37)(H,39,40)(H,26,27,28,36)/b31-16+/t17?,22-/m1/s1. The summed E-state index contributed by atoms with van der Waals surface area (Å²) in [6.07, 6.45) is 1.72. The Morgan fingerprint density at radius 1 is 1.28 bits per heavy atom. The molecule has 2 aliphatic heterocycles. The molecule has 1 saturated heterocycles. The van der Waals surface area contributed by atoms with Gasteiger partial charge in [0.2, 0.25) is 17.3 Å². The van der Waals surface area contributed by atoms with Gasteiger partial charge in [0.25, 0.3) is 11.8 Å². The molecule has 2 atom stereocenters. The zero-order valence-electron chi connectivity index (χ0n) is 22.1. The van der Waals surface area contributed by atoms with Crippen LogP contribution in [-0.2, 0) is 25.7 Å². The fourth-order valence-electron chi connectivity index (χ4n) is 4.10. The molecular formula is C24H23N11O6S2. The van der Waals surface area contributed by atoms with E-state index in [1.165, 1.54) is 40.5 Å². The van der Waals surface area contributed by atoms with Crippen molar-refractivity contribution in [2.45, 2.75) is 23.1 Å². The van der Waals surface area contributed by atoms with Crippen LogP contribution in [0.25, 0.3) is 0 Å². The van der Waals surface area contributed by atoms with Crippen molar-refractivity contribution in [3.05, 3.63) is 59.7 Å². The molecule has 5 N–H and O–H groups in total. The predicted octanol–water partition coefficient (Wildman–Crippen LogP) is -0.696. The van der Waals surface area contributed by atoms with Crippen LogP contribution in [0, 0.1) is 0 Å². The number of nitrogens with one attached hydrogen (secondary N) is 2. The summed E-state index contributed by atoms with van der Waals surface area (Å²) in [4.78, 5) is 64.5. The molecule has 5 rings (SSSR count). The average molecular weight is 626 g/mol. The molecule has 1 unspecified atom stereocenters. The molecule has 0 saturated carbocycles. The fraction of sp³-hybridized carbons (Fsp3) is 0.250. The van der Waals surface area contributed by atoms with Crippen LogP contribution in [-0.4, -0.2) is 99.6 Å². The first-order valence-electron chi connectivity index (χ1n) is 12.5. The minimum Gasteiger partial charge on any atom is -0.477 e. The van der Waals surface area contributed by atoms with Crippen LogP contribution in [0.4, 0.5) is 5.82 Å². The van der Waals surface area contributed by atoms with Crippen molar-refractivity contribution in [1.82, 2.24) is 40.4 Å². The predicted molar refractivity (Wildman–Crippen MR) is 153 cm³/mol. The highest BCUT2D eigenvalue weighted by molar-refractivity contribution is 8.01. The minimum atomic E-state index is -1.27. The van der Waals surface area contributed by atoms with Crippen molar-refractivity contribution < 1.29 is 29.1 Å². The Bertz CT molecular complexity index is 1600. The van der Waals surface area contributed by atoms with Gasteiger partial charge in [0.15, 0.2) is 11.6 Å². The average Bonchev–Trinajstić information content (AvgIpc) is 3.46. The van der Waals surface area contributed by atoms with Gasteiger partial charge < -0.3 is 26.3 Å². The molecule has 43 heavy (non-hydrogen) atoms. The molecule has 2 aromatic heterocycles. The first kappa shape index (κ1) is 29.6. The van der Waals surface area contributed by atoms with E-state index in [1.54, 1.807) is 30.3 Å². The molecule has 3 amide bonds. The number of hydrogen-bond donors (Lipinski definition) is 4. The Labute approximate surface area is 251 Å². The van der Waals surface area contributed by atoms with Gasteiger partial charge >= 0.3 is 5.97 Å². The van der Waals surface area contributed by atoms with E-state index in [0.717, 1.165) is 4.90 Å². The summed E-state index contributed by atoms with van der Waals surface area (Å²) in [6.45, 7) is 0.722. The minimum absolute atomic E-state index is 0.104. The summed E-state index contributed by atoms with van der Waals surface area (Å²) in [5.41, 5.74) is 5.57. The van der Waals surface area contributed by atoms with Gasteiger partial charge in [-0.1, -0.05) is 35.1 Å². The normalized spacial score (nSPS) is 18.0. The highest BCUT2D eigenvalue weighted by Crippen LogP contribution is 2.41. The monoisotopic (exact) mass is 625 g/mol. The van der Waals surface area contributed by atoms with E-state index in [1.807, 2.05) is 0 Å². The summed E-state index contributed by atoms with van der Waals surface area (Å²) in [6, 6.07) is 8.77. The topological polar surface area (TPSA) is 233 Å². The Balaban J connectivity index is 1.34. The second kappa shape index (κ2) is 13.4. The van der Waals surface area contributed by atoms with Crippen molar-refractivity contribution in [2.24, 2.45) is 10.9 Å². The lowest BCUT2D eigenvalue weighted by Crippen LogP contribution is -2.71. The number of carboxylic acids is 1. The van der Waals surface area contributed by atoms with Gasteiger partial charge in [-0.25, -0.2) is 19.4 Å². The maximum Gasteiger partial charge on any atom is 0.352 e. The molecule has 19 heteroatoms. The fourth-order valence-corrected chi connectivity index (χ4v) is 6.48. The zero-order chi connectivity index (χ0) is 30.3. The van der Waals surface area contributed by atoms with Gasteiger partial charge in [-0.2, -0.15) is 0 Å². The van der Waals surface area contributed by atoms with Crippen molar-refractivity contribution in [3.8, 4) is 5.75 Å². The number of rotatable bonds is 13. The lowest BCUT2D eigenvalue weighted by Gasteiger charge is -2.49. The van der Waals surface area contributed by atoms with E-state index in [4.69, 9.17) is 10.6 Å². The van der Waals surface area contributed by atoms with Gasteiger partial charge in [-0.05, 0) is 34.2 Å². The first-order chi connectivity index (χ1) is 20.9. The molecule has 17 nitrogen and oxygen atoms in total. The van der Waals surface area contributed by atoms with Crippen LogP contribution >= 0.6 is 23.5 Å². The number of nitrogens with two attached hydrogens (primary N) is 1. The SMILES string of the molecule is NCCn1nnnc1SCC1=C(C(=O)O)N2C(=O)C(NC(=O)/C(=N/Oc3ccccc3)c3nccc(NC=O)n3)[C@H]2SC1. The van der Waals surface area contributed by atoms with Crippen LogP contribution in [0.2, 0.25) is 0 Å². The molecule has 1 fully saturated rings. The maximum atomic E-state index is 13.4. The number of β-lactam (4-membered cyclic amide) rings is 1. The summed E-state index contributed by atoms with van der Waals surface area (Å²) in [7, 11) is 0. The van der Waals surface area contributed by atoms with E-state index in [9.17, 15) is 24.3 Å². The Hall–Kier alpha value is -4.88. The smallest absolute Gasteiger partial charge is 0.352 e. The quantitative estimate of drug-likeness (QED) is 0.0605. The zero-order valence-corrected chi connectivity index (χ0v) is 23.7. The lowest BCUT2D eigenvalue weighted by atomic mass is 10.0. The molecule has 222 valence electrons. The largest absolute Gasteiger partial charge is 0.477 e. The van der Waals surface area contributed by atoms with E-state index >= 15 is 0 Å². The highest BCUT2D eigenvalue weighted by atomic mass is 32.2. The number of anilines is 1. The lowest BCUT2D eigenvalue weighted by molar-refractivity contribution is -0.150. The molecular weight excluding hydrogens is 602 g/mol. The molecule has 2 aliphatic rings. The number of nitrogens with zero attached hydrogens (tertiary/aromatic N) is 8. The van der Waals surface area contributed by atoms with Crippen LogP contribution in [0.15, 0.2) is 64.2 Å². The van der Waals surface area contributed by atoms with Gasteiger partial charge in [-0.15, -0.1) is 16.9 Å². The van der Waals surface area contributed by atoms with E-state index in [-0.39, 0.29) is 34.6 Å². The van der Waals surface area contributed by atoms with Gasteiger partial charge in [-0.3, -0.25) is 19.3 Å². The number of carboxylic acid groups (broad SMARTS) is 1. The number of para-hydroxylation sites is 1. The Kier molecular flexibility index (Phi) is 9.23. The van der Waals surface area contributed by atoms with Crippen molar-refractivity contribution in [1.29, 1.82) is 0 Å². The van der Waals surface area contributed by atoms with Crippen molar-refractivity contribution in [3.63, 3.8) is 0 Å². The molecule has 0 radical (unpaired) electrons. The second-order valence-corrected chi connectivity index (χ2v) is 10.8. The number of oxime groups is 1. The number of carbonyl (C=O) groups is 4. The van der Waals surface area contributed by atoms with Crippen LogP contribution in [0.1, 0.15) is 5.82 Å². The van der Waals surface area contributed by atoms with Crippen molar-refractivity contribution >= 4 is 59.2 Å². The number of aliphatic carboxylic acids is 1. The van der Waals surface area contributed by atoms with Gasteiger partial charge in [0.1, 0.15) is 22.9 Å². The third kappa shape index (κ3) is 6.47. The molecule has 0 spiro atoms. The molecule has 0 aliphatic carbocycles. The Morgan fingerprint density at radius 2 is 2.09 bits per heavy atom. The van der Waals surface area contributed by atoms with Crippen LogP contribution in [0.5, 0.6) is 5.75 Å². The maximum absolute atomic E-state index is 13.4. The summed E-state index contributed by atoms with van der Waals surface area (Å²) >= 11 is 2.53. The molecule has 1 aromatic carbocycles. The van der Waals surface area contributed by atoms with Crippen LogP contribution < -0.4 is 21.2 Å². The molecule has 3 aromatic rings. The number of thioether (sulfide) groups is 2. The third-order valence-corrected chi connectivity index (χ3v) is 8.41. The van der Waals surface area contributed by atoms with Crippen LogP contribution in [0.3, 0.4) is 0 Å². The number of amides is 3. The van der Waals surface area contributed by atoms with E-state index < -0.39 is 29.2 Å². The van der Waals surface area contributed by atoms with E-state index in [2.05, 4.69) is 41.3 Å². The van der Waals surface area contributed by atoms with Gasteiger partial charge in [0.05, 0.1) is 6.54 Å². The molecule has 4 heterocycles. The number of fused-ring (bicyclic) bond motifs is 1.